The number of benzene rings is 1. The van der Waals surface area contributed by atoms with Gasteiger partial charge in [-0.15, -0.1) is 0 Å². The Morgan fingerprint density at radius 1 is 1.29 bits per heavy atom. The molecule has 1 N–H and O–H groups in total. The maximum atomic E-state index is 12.4. The van der Waals surface area contributed by atoms with Gasteiger partial charge in [0.25, 0.3) is 5.91 Å². The molecule has 2 rings (SSSR count). The minimum atomic E-state index is -1.02. The number of rotatable bonds is 4. The van der Waals surface area contributed by atoms with Crippen molar-refractivity contribution in [1.29, 1.82) is 0 Å². The lowest BCUT2D eigenvalue weighted by Crippen LogP contribution is -2.38. The first-order valence-corrected chi connectivity index (χ1v) is 7.18. The molecule has 1 saturated heterocycles. The summed E-state index contributed by atoms with van der Waals surface area (Å²) in [5, 5.41) is 9.54. The van der Waals surface area contributed by atoms with E-state index >= 15 is 0 Å². The lowest BCUT2D eigenvalue weighted by molar-refractivity contribution is -0.155. The van der Waals surface area contributed by atoms with E-state index in [2.05, 4.69) is 0 Å². The fourth-order valence-corrected chi connectivity index (χ4v) is 2.51. The first kappa shape index (κ1) is 15.8. The molecule has 1 aliphatic heterocycles. The van der Waals surface area contributed by atoms with Crippen LogP contribution in [0.25, 0.3) is 0 Å². The molecule has 0 bridgehead atoms. The molecule has 1 aromatic carbocycles. The highest BCUT2D eigenvalue weighted by Crippen LogP contribution is 2.26. The molecule has 21 heavy (non-hydrogen) atoms. The van der Waals surface area contributed by atoms with E-state index in [0.717, 1.165) is 5.56 Å². The van der Waals surface area contributed by atoms with Gasteiger partial charge in [-0.05, 0) is 37.5 Å². The van der Waals surface area contributed by atoms with Crippen molar-refractivity contribution in [2.75, 3.05) is 7.05 Å². The number of ether oxygens (including phenoxy) is 1. The molecule has 0 radical (unpaired) electrons. The molecule has 114 valence electrons. The molecule has 0 aromatic heterocycles. The number of aliphatic carboxylic acids is 1. The van der Waals surface area contributed by atoms with Crippen molar-refractivity contribution in [1.82, 2.24) is 4.90 Å². The Kier molecular flexibility index (Phi) is 4.85. The molecule has 3 unspecified atom stereocenters. The fourth-order valence-electron chi connectivity index (χ4n) is 2.38. The smallest absolute Gasteiger partial charge is 0.332 e. The number of likely N-dealkylation sites (N-methyl/N-ethyl adjacent to an activating group) is 1. The van der Waals surface area contributed by atoms with Gasteiger partial charge in [-0.2, -0.15) is 0 Å². The zero-order valence-electron chi connectivity index (χ0n) is 12.0. The van der Waals surface area contributed by atoms with Crippen LogP contribution in [0.4, 0.5) is 0 Å². The fraction of sp³-hybridized carbons (Fsp3) is 0.467. The number of nitrogens with zero attached hydrogens (tertiary/aromatic N) is 1. The lowest BCUT2D eigenvalue weighted by atomic mass is 10.1. The van der Waals surface area contributed by atoms with Crippen LogP contribution in [0.15, 0.2) is 24.3 Å². The van der Waals surface area contributed by atoms with Crippen molar-refractivity contribution in [2.24, 2.45) is 0 Å². The zero-order valence-corrected chi connectivity index (χ0v) is 12.7. The van der Waals surface area contributed by atoms with Gasteiger partial charge < -0.3 is 14.7 Å². The Balaban J connectivity index is 2.02. The topological polar surface area (TPSA) is 66.8 Å². The first-order chi connectivity index (χ1) is 9.90. The van der Waals surface area contributed by atoms with E-state index < -0.39 is 18.2 Å². The average molecular weight is 312 g/mol. The van der Waals surface area contributed by atoms with Gasteiger partial charge in [0.05, 0.1) is 6.04 Å². The molecule has 1 fully saturated rings. The van der Waals surface area contributed by atoms with Crippen molar-refractivity contribution in [3.8, 4) is 0 Å². The lowest BCUT2D eigenvalue weighted by Gasteiger charge is -2.27. The third kappa shape index (κ3) is 3.54. The summed E-state index contributed by atoms with van der Waals surface area (Å²) >= 11 is 5.85. The number of carbonyl (C=O) groups is 2. The molecule has 1 aromatic rings. The van der Waals surface area contributed by atoms with E-state index in [0.29, 0.717) is 17.9 Å². The molecular formula is C15H18ClNO4. The van der Waals surface area contributed by atoms with E-state index in [-0.39, 0.29) is 11.9 Å². The maximum Gasteiger partial charge on any atom is 0.332 e. The summed E-state index contributed by atoms with van der Waals surface area (Å²) in [4.78, 5) is 24.8. The van der Waals surface area contributed by atoms with Crippen LogP contribution in [-0.4, -0.2) is 41.1 Å². The molecule has 6 heteroatoms. The minimum absolute atomic E-state index is 0.137. The van der Waals surface area contributed by atoms with Gasteiger partial charge in [0.15, 0.2) is 6.10 Å². The number of hydrogen-bond acceptors (Lipinski definition) is 3. The summed E-state index contributed by atoms with van der Waals surface area (Å²) in [5.41, 5.74) is 0.961. The van der Waals surface area contributed by atoms with Crippen LogP contribution >= 0.6 is 11.6 Å². The molecule has 0 aliphatic carbocycles. The van der Waals surface area contributed by atoms with E-state index in [1.807, 2.05) is 19.1 Å². The van der Waals surface area contributed by atoms with Gasteiger partial charge in [-0.25, -0.2) is 4.79 Å². The summed E-state index contributed by atoms with van der Waals surface area (Å²) in [6.07, 6.45) is -0.744. The molecule has 1 amide bonds. The second-order valence-electron chi connectivity index (χ2n) is 5.21. The van der Waals surface area contributed by atoms with E-state index in [1.54, 1.807) is 24.1 Å². The molecule has 1 heterocycles. The van der Waals surface area contributed by atoms with E-state index in [1.165, 1.54) is 0 Å². The highest BCUT2D eigenvalue weighted by Gasteiger charge is 2.37. The first-order valence-electron chi connectivity index (χ1n) is 6.80. The molecule has 1 aliphatic rings. The van der Waals surface area contributed by atoms with Crippen molar-refractivity contribution < 1.29 is 19.4 Å². The van der Waals surface area contributed by atoms with Crippen LogP contribution in [-0.2, 0) is 14.3 Å². The quantitative estimate of drug-likeness (QED) is 0.927. The van der Waals surface area contributed by atoms with Crippen molar-refractivity contribution in [3.63, 3.8) is 0 Å². The van der Waals surface area contributed by atoms with Crippen LogP contribution in [0.3, 0.4) is 0 Å². The Morgan fingerprint density at radius 3 is 2.38 bits per heavy atom. The third-order valence-electron chi connectivity index (χ3n) is 3.85. The summed E-state index contributed by atoms with van der Waals surface area (Å²) in [6.45, 7) is 1.91. The predicted octanol–water partition coefficient (Wildman–Crippen LogP) is 2.49. The molecule has 0 saturated carbocycles. The molecule has 5 nitrogen and oxygen atoms in total. The average Bonchev–Trinajstić information content (AvgIpc) is 2.96. The van der Waals surface area contributed by atoms with E-state index in [4.69, 9.17) is 21.4 Å². The monoisotopic (exact) mass is 311 g/mol. The normalized spacial score (nSPS) is 22.8. The predicted molar refractivity (Wildman–Crippen MR) is 78.2 cm³/mol. The van der Waals surface area contributed by atoms with Crippen LogP contribution in [0.2, 0.25) is 5.02 Å². The van der Waals surface area contributed by atoms with Gasteiger partial charge in [-0.3, -0.25) is 4.79 Å². The van der Waals surface area contributed by atoms with Gasteiger partial charge in [0.1, 0.15) is 6.10 Å². The molecule has 0 spiro atoms. The number of carbonyl (C=O) groups excluding carboxylic acids is 1. The Bertz CT molecular complexity index is 531. The number of hydrogen-bond donors (Lipinski definition) is 1. The van der Waals surface area contributed by atoms with Crippen molar-refractivity contribution in [2.45, 2.75) is 38.0 Å². The number of halogens is 1. The summed E-state index contributed by atoms with van der Waals surface area (Å²) in [5.74, 6) is -1.21. The number of carboxylic acids is 1. The Labute approximate surface area is 128 Å². The van der Waals surface area contributed by atoms with Gasteiger partial charge in [0.2, 0.25) is 0 Å². The molecule has 3 atom stereocenters. The Hall–Kier alpha value is -1.59. The van der Waals surface area contributed by atoms with Gasteiger partial charge in [-0.1, -0.05) is 23.7 Å². The standard InChI is InChI=1S/C15H18ClNO4/c1-9(10-3-5-11(16)6-4-10)17(2)14(18)12-7-8-13(21-12)15(19)20/h3-6,9,12-13H,7-8H2,1-2H3,(H,19,20). The second kappa shape index (κ2) is 6.45. The molecular weight excluding hydrogens is 294 g/mol. The van der Waals surface area contributed by atoms with Crippen molar-refractivity contribution >= 4 is 23.5 Å². The third-order valence-corrected chi connectivity index (χ3v) is 4.10. The largest absolute Gasteiger partial charge is 0.479 e. The van der Waals surface area contributed by atoms with Crippen molar-refractivity contribution in [3.05, 3.63) is 34.9 Å². The second-order valence-corrected chi connectivity index (χ2v) is 5.64. The minimum Gasteiger partial charge on any atom is -0.479 e. The highest BCUT2D eigenvalue weighted by molar-refractivity contribution is 6.30. The van der Waals surface area contributed by atoms with E-state index in [9.17, 15) is 9.59 Å². The summed E-state index contributed by atoms with van der Waals surface area (Å²) in [6, 6.07) is 7.15. The van der Waals surface area contributed by atoms with Crippen LogP contribution < -0.4 is 0 Å². The van der Waals surface area contributed by atoms with Crippen LogP contribution in [0, 0.1) is 0 Å². The van der Waals surface area contributed by atoms with Gasteiger partial charge in [0, 0.05) is 12.1 Å². The van der Waals surface area contributed by atoms with Gasteiger partial charge >= 0.3 is 5.97 Å². The van der Waals surface area contributed by atoms with Crippen LogP contribution in [0.1, 0.15) is 31.4 Å². The number of amides is 1. The zero-order chi connectivity index (χ0) is 15.6. The Morgan fingerprint density at radius 2 is 1.86 bits per heavy atom. The SMILES string of the molecule is CC(c1ccc(Cl)cc1)N(C)C(=O)C1CCC(C(=O)O)O1. The van der Waals surface area contributed by atoms with Crippen LogP contribution in [0.5, 0.6) is 0 Å². The number of carboxylic acid groups (broad SMARTS) is 1. The maximum absolute atomic E-state index is 12.4. The highest BCUT2D eigenvalue weighted by atomic mass is 35.5. The summed E-state index contributed by atoms with van der Waals surface area (Å²) in [7, 11) is 1.69. The summed E-state index contributed by atoms with van der Waals surface area (Å²) < 4.78 is 5.30.